The van der Waals surface area contributed by atoms with Crippen LogP contribution in [0.3, 0.4) is 0 Å². The third-order valence-corrected chi connectivity index (χ3v) is 6.49. The number of halogens is 3. The average Bonchev–Trinajstić information content (AvgIpc) is 2.96. The standard InChI is InChI=1S/C19H19F3N2O3S/c1-3-28(26,27)24-12(2)9-14-10-13(7-8-17(14)24)18(25)23-16-6-4-5-15(11-16)19(20,21)22/h4-8,10-12H,3,9H2,1-2H3,(H,23,25)/t12-/m1/s1. The van der Waals surface area contributed by atoms with E-state index in [0.29, 0.717) is 17.7 Å². The summed E-state index contributed by atoms with van der Waals surface area (Å²) in [5.74, 6) is -0.597. The Morgan fingerprint density at radius 2 is 1.93 bits per heavy atom. The second kappa shape index (κ2) is 7.12. The maximum absolute atomic E-state index is 12.8. The highest BCUT2D eigenvalue weighted by Gasteiger charge is 2.34. The van der Waals surface area contributed by atoms with Gasteiger partial charge in [-0.05, 0) is 62.2 Å². The van der Waals surface area contributed by atoms with Crippen molar-refractivity contribution in [1.82, 2.24) is 0 Å². The van der Waals surface area contributed by atoms with Crippen LogP contribution in [-0.4, -0.2) is 26.1 Å². The maximum Gasteiger partial charge on any atom is 0.416 e. The number of nitrogens with one attached hydrogen (secondary N) is 1. The zero-order valence-electron chi connectivity index (χ0n) is 15.2. The van der Waals surface area contributed by atoms with Crippen molar-refractivity contribution < 1.29 is 26.4 Å². The first-order chi connectivity index (χ1) is 13.0. The van der Waals surface area contributed by atoms with E-state index in [-0.39, 0.29) is 23.0 Å². The summed E-state index contributed by atoms with van der Waals surface area (Å²) in [6.45, 7) is 3.35. The highest BCUT2D eigenvalue weighted by atomic mass is 32.2. The van der Waals surface area contributed by atoms with E-state index in [0.717, 1.165) is 12.1 Å². The molecule has 2 aromatic carbocycles. The summed E-state index contributed by atoms with van der Waals surface area (Å²) in [6.07, 6.45) is -4.04. The van der Waals surface area contributed by atoms with Gasteiger partial charge >= 0.3 is 6.18 Å². The summed E-state index contributed by atoms with van der Waals surface area (Å²) in [5.41, 5.74) is 0.669. The molecule has 1 atom stereocenters. The van der Waals surface area contributed by atoms with Crippen molar-refractivity contribution >= 4 is 27.3 Å². The van der Waals surface area contributed by atoms with Crippen LogP contribution in [-0.2, 0) is 22.6 Å². The maximum atomic E-state index is 12.8. The van der Waals surface area contributed by atoms with Crippen LogP contribution in [0.15, 0.2) is 42.5 Å². The van der Waals surface area contributed by atoms with E-state index in [9.17, 15) is 26.4 Å². The molecule has 1 aliphatic heterocycles. The Morgan fingerprint density at radius 3 is 2.57 bits per heavy atom. The molecule has 0 spiro atoms. The van der Waals surface area contributed by atoms with Crippen LogP contribution in [0.4, 0.5) is 24.5 Å². The fraction of sp³-hybridized carbons (Fsp3) is 0.316. The first kappa shape index (κ1) is 20.2. The summed E-state index contributed by atoms with van der Waals surface area (Å²) in [6, 6.07) is 8.74. The molecule has 0 bridgehead atoms. The second-order valence-corrected chi connectivity index (χ2v) is 8.76. The van der Waals surface area contributed by atoms with Crippen molar-refractivity contribution in [2.75, 3.05) is 15.4 Å². The van der Waals surface area contributed by atoms with E-state index in [1.807, 2.05) is 0 Å². The number of sulfonamides is 1. The van der Waals surface area contributed by atoms with Gasteiger partial charge < -0.3 is 5.32 Å². The van der Waals surface area contributed by atoms with Crippen molar-refractivity contribution in [3.05, 3.63) is 59.2 Å². The lowest BCUT2D eigenvalue weighted by Gasteiger charge is -2.23. The van der Waals surface area contributed by atoms with Crippen molar-refractivity contribution in [2.24, 2.45) is 0 Å². The third kappa shape index (κ3) is 3.84. The van der Waals surface area contributed by atoms with Gasteiger partial charge in [-0.1, -0.05) is 6.07 Å². The summed E-state index contributed by atoms with van der Waals surface area (Å²) in [4.78, 5) is 12.5. The van der Waals surface area contributed by atoms with Gasteiger partial charge in [0.25, 0.3) is 5.91 Å². The lowest BCUT2D eigenvalue weighted by atomic mass is 10.1. The molecule has 1 N–H and O–H groups in total. The molecule has 5 nitrogen and oxygen atoms in total. The van der Waals surface area contributed by atoms with Crippen LogP contribution in [0.1, 0.15) is 35.3 Å². The quantitative estimate of drug-likeness (QED) is 0.824. The number of carbonyl (C=O) groups excluding carboxylic acids is 1. The summed E-state index contributed by atoms with van der Waals surface area (Å²) < 4.78 is 64.4. The molecule has 0 aromatic heterocycles. The van der Waals surface area contributed by atoms with Gasteiger partial charge in [0.05, 0.1) is 17.0 Å². The fourth-order valence-electron chi connectivity index (χ4n) is 3.28. The Balaban J connectivity index is 1.85. The van der Waals surface area contributed by atoms with Gasteiger partial charge in [-0.15, -0.1) is 0 Å². The Morgan fingerprint density at radius 1 is 1.21 bits per heavy atom. The number of amides is 1. The highest BCUT2D eigenvalue weighted by molar-refractivity contribution is 7.92. The van der Waals surface area contributed by atoms with Gasteiger partial charge in [0, 0.05) is 17.3 Å². The molecule has 0 aliphatic carbocycles. The zero-order valence-corrected chi connectivity index (χ0v) is 16.1. The molecular formula is C19H19F3N2O3S. The minimum atomic E-state index is -4.50. The fourth-order valence-corrected chi connectivity index (χ4v) is 4.66. The largest absolute Gasteiger partial charge is 0.416 e. The number of nitrogens with zero attached hydrogens (tertiary/aromatic N) is 1. The lowest BCUT2D eigenvalue weighted by Crippen LogP contribution is -2.36. The summed E-state index contributed by atoms with van der Waals surface area (Å²) >= 11 is 0. The molecule has 0 saturated carbocycles. The minimum Gasteiger partial charge on any atom is -0.322 e. The van der Waals surface area contributed by atoms with Gasteiger partial charge in [0.2, 0.25) is 10.0 Å². The Hall–Kier alpha value is -2.55. The molecule has 3 rings (SSSR count). The van der Waals surface area contributed by atoms with Crippen LogP contribution < -0.4 is 9.62 Å². The Labute approximate surface area is 161 Å². The Kier molecular flexibility index (Phi) is 5.14. The van der Waals surface area contributed by atoms with E-state index in [2.05, 4.69) is 5.32 Å². The molecule has 0 fully saturated rings. The lowest BCUT2D eigenvalue weighted by molar-refractivity contribution is -0.137. The summed E-state index contributed by atoms with van der Waals surface area (Å²) in [7, 11) is -3.43. The molecule has 1 amide bonds. The molecule has 1 heterocycles. The van der Waals surface area contributed by atoms with Crippen molar-refractivity contribution in [1.29, 1.82) is 0 Å². The smallest absolute Gasteiger partial charge is 0.322 e. The SMILES string of the molecule is CCS(=O)(=O)N1c2ccc(C(=O)Nc3cccc(C(F)(F)F)c3)cc2C[C@H]1C. The topological polar surface area (TPSA) is 66.5 Å². The monoisotopic (exact) mass is 412 g/mol. The van der Waals surface area contributed by atoms with Crippen LogP contribution in [0, 0.1) is 0 Å². The molecule has 0 saturated heterocycles. The van der Waals surface area contributed by atoms with Crippen molar-refractivity contribution in [3.63, 3.8) is 0 Å². The van der Waals surface area contributed by atoms with E-state index in [1.165, 1.54) is 22.5 Å². The minimum absolute atomic E-state index is 0.0314. The number of hydrogen-bond donors (Lipinski definition) is 1. The molecule has 0 radical (unpaired) electrons. The van der Waals surface area contributed by atoms with Crippen LogP contribution >= 0.6 is 0 Å². The van der Waals surface area contributed by atoms with Crippen molar-refractivity contribution in [2.45, 2.75) is 32.5 Å². The van der Waals surface area contributed by atoms with Gasteiger partial charge in [-0.25, -0.2) is 8.42 Å². The van der Waals surface area contributed by atoms with Gasteiger partial charge in [-0.2, -0.15) is 13.2 Å². The van der Waals surface area contributed by atoms with Crippen LogP contribution in [0.2, 0.25) is 0 Å². The molecule has 2 aromatic rings. The van der Waals surface area contributed by atoms with Gasteiger partial charge in [0.15, 0.2) is 0 Å². The number of fused-ring (bicyclic) bond motifs is 1. The van der Waals surface area contributed by atoms with E-state index in [1.54, 1.807) is 26.0 Å². The van der Waals surface area contributed by atoms with Gasteiger partial charge in [0.1, 0.15) is 0 Å². The predicted octanol–water partition coefficient (Wildman–Crippen LogP) is 4.06. The van der Waals surface area contributed by atoms with Crippen molar-refractivity contribution in [3.8, 4) is 0 Å². The van der Waals surface area contributed by atoms with Gasteiger partial charge in [-0.3, -0.25) is 9.10 Å². The predicted molar refractivity (Wildman–Crippen MR) is 101 cm³/mol. The molecule has 28 heavy (non-hydrogen) atoms. The van der Waals surface area contributed by atoms with E-state index < -0.39 is 27.7 Å². The van der Waals surface area contributed by atoms with Crippen LogP contribution in [0.5, 0.6) is 0 Å². The van der Waals surface area contributed by atoms with E-state index >= 15 is 0 Å². The number of hydrogen-bond acceptors (Lipinski definition) is 3. The molecule has 1 aliphatic rings. The molecule has 150 valence electrons. The number of alkyl halides is 3. The second-order valence-electron chi connectivity index (χ2n) is 6.63. The zero-order chi connectivity index (χ0) is 20.7. The number of benzene rings is 2. The average molecular weight is 412 g/mol. The first-order valence-electron chi connectivity index (χ1n) is 8.66. The molecular weight excluding hydrogens is 393 g/mol. The molecule has 0 unspecified atom stereocenters. The highest BCUT2D eigenvalue weighted by Crippen LogP contribution is 2.35. The number of carbonyl (C=O) groups is 1. The number of rotatable bonds is 4. The number of anilines is 2. The molecule has 9 heteroatoms. The third-order valence-electron chi connectivity index (χ3n) is 4.61. The Bertz CT molecular complexity index is 1020. The van der Waals surface area contributed by atoms with E-state index in [4.69, 9.17) is 0 Å². The summed E-state index contributed by atoms with van der Waals surface area (Å²) in [5, 5.41) is 2.45. The first-order valence-corrected chi connectivity index (χ1v) is 10.3. The van der Waals surface area contributed by atoms with Crippen LogP contribution in [0.25, 0.3) is 0 Å². The normalized spacial score (nSPS) is 16.8.